The highest BCUT2D eigenvalue weighted by molar-refractivity contribution is 5.78. The van der Waals surface area contributed by atoms with Crippen LogP contribution < -0.4 is 10.6 Å². The minimum absolute atomic E-state index is 0.0267. The van der Waals surface area contributed by atoms with Gasteiger partial charge in [-0.3, -0.25) is 9.59 Å². The lowest BCUT2D eigenvalue weighted by atomic mass is 10.0. The summed E-state index contributed by atoms with van der Waals surface area (Å²) in [5, 5.41) is 5.80. The molecule has 2 N–H and O–H groups in total. The second-order valence-corrected chi connectivity index (χ2v) is 6.33. The van der Waals surface area contributed by atoms with Crippen LogP contribution in [0.25, 0.3) is 0 Å². The molecule has 1 unspecified atom stereocenters. The molecule has 0 saturated carbocycles. The van der Waals surface area contributed by atoms with Crippen LogP contribution in [-0.2, 0) is 29.2 Å². The van der Waals surface area contributed by atoms with Crippen molar-refractivity contribution in [2.24, 2.45) is 5.92 Å². The number of benzene rings is 1. The average Bonchev–Trinajstić information content (AvgIpc) is 2.49. The van der Waals surface area contributed by atoms with Crippen LogP contribution >= 0.6 is 0 Å². The highest BCUT2D eigenvalue weighted by atomic mass is 16.2. The van der Waals surface area contributed by atoms with Crippen LogP contribution in [0.4, 0.5) is 0 Å². The second kappa shape index (κ2) is 9.30. The zero-order valence-electron chi connectivity index (χ0n) is 14.9. The lowest BCUT2D eigenvalue weighted by molar-refractivity contribution is -0.124. The Morgan fingerprint density at radius 1 is 1.04 bits per heavy atom. The van der Waals surface area contributed by atoms with E-state index in [0.29, 0.717) is 13.1 Å². The predicted octanol–water partition coefficient (Wildman–Crippen LogP) is 2.05. The third-order valence-electron chi connectivity index (χ3n) is 3.68. The van der Waals surface area contributed by atoms with Gasteiger partial charge in [0.15, 0.2) is 0 Å². The Kier molecular flexibility index (Phi) is 7.75. The highest BCUT2D eigenvalue weighted by Gasteiger charge is 2.10. The number of nitrogens with zero attached hydrogens (tertiary/aromatic N) is 1. The molecule has 0 aliphatic carbocycles. The number of carbonyl (C=O) groups excluding carboxylic acids is 2. The molecule has 5 nitrogen and oxygen atoms in total. The van der Waals surface area contributed by atoms with E-state index in [-0.39, 0.29) is 17.7 Å². The molecule has 1 aromatic rings. The number of hydrogen-bond acceptors (Lipinski definition) is 3. The quantitative estimate of drug-likeness (QED) is 0.771. The Balaban J connectivity index is 2.84. The number of hydrogen-bond donors (Lipinski definition) is 2. The van der Waals surface area contributed by atoms with E-state index in [1.165, 1.54) is 12.5 Å². The van der Waals surface area contributed by atoms with Crippen LogP contribution in [0.1, 0.15) is 43.9 Å². The van der Waals surface area contributed by atoms with Gasteiger partial charge in [0.2, 0.25) is 11.8 Å². The normalized spacial score (nSPS) is 12.1. The molecule has 0 radical (unpaired) electrons. The summed E-state index contributed by atoms with van der Waals surface area (Å²) in [6.45, 7) is 7.28. The Hall–Kier alpha value is -1.88. The number of amides is 2. The Bertz CT molecular complexity index is 541. The van der Waals surface area contributed by atoms with Crippen molar-refractivity contribution >= 4 is 11.8 Å². The summed E-state index contributed by atoms with van der Waals surface area (Å²) in [7, 11) is 4.04. The molecule has 0 aliphatic rings. The molecule has 0 fully saturated rings. The summed E-state index contributed by atoms with van der Waals surface area (Å²) in [6, 6.07) is 6.23. The summed E-state index contributed by atoms with van der Waals surface area (Å²) in [6.07, 6.45) is 0.834. The maximum absolute atomic E-state index is 11.9. The van der Waals surface area contributed by atoms with Crippen molar-refractivity contribution in [3.63, 3.8) is 0 Å². The van der Waals surface area contributed by atoms with E-state index >= 15 is 0 Å². The van der Waals surface area contributed by atoms with Crippen molar-refractivity contribution in [3.05, 3.63) is 34.9 Å². The molecule has 1 atom stereocenters. The fourth-order valence-electron chi connectivity index (χ4n) is 2.28. The minimum Gasteiger partial charge on any atom is -0.352 e. The molecule has 0 aromatic heterocycles. The third-order valence-corrected chi connectivity index (χ3v) is 3.68. The lowest BCUT2D eigenvalue weighted by Crippen LogP contribution is -2.28. The lowest BCUT2D eigenvalue weighted by Gasteiger charge is -2.15. The summed E-state index contributed by atoms with van der Waals surface area (Å²) < 4.78 is 0. The summed E-state index contributed by atoms with van der Waals surface area (Å²) >= 11 is 0. The molecule has 1 rings (SSSR count). The molecular weight excluding hydrogens is 290 g/mol. The van der Waals surface area contributed by atoms with Gasteiger partial charge < -0.3 is 15.5 Å². The van der Waals surface area contributed by atoms with Crippen LogP contribution in [0.3, 0.4) is 0 Å². The van der Waals surface area contributed by atoms with Crippen LogP contribution in [0, 0.1) is 5.92 Å². The maximum atomic E-state index is 11.9. The van der Waals surface area contributed by atoms with Crippen LogP contribution in [0.5, 0.6) is 0 Å². The fourth-order valence-corrected chi connectivity index (χ4v) is 2.28. The second-order valence-electron chi connectivity index (χ2n) is 6.33. The first kappa shape index (κ1) is 19.2. The molecule has 2 amide bonds. The minimum atomic E-state index is -0.0466. The van der Waals surface area contributed by atoms with Gasteiger partial charge in [-0.25, -0.2) is 0 Å². The molecule has 0 aliphatic heterocycles. The first-order chi connectivity index (χ1) is 10.8. The average molecular weight is 319 g/mol. The van der Waals surface area contributed by atoms with Gasteiger partial charge in [-0.05, 0) is 37.2 Å². The summed E-state index contributed by atoms with van der Waals surface area (Å²) in [5.74, 6) is 0.0577. The van der Waals surface area contributed by atoms with Gasteiger partial charge in [0.25, 0.3) is 0 Å². The van der Waals surface area contributed by atoms with Crippen molar-refractivity contribution < 1.29 is 9.59 Å². The fraction of sp³-hybridized carbons (Fsp3) is 0.556. The van der Waals surface area contributed by atoms with E-state index in [0.717, 1.165) is 24.1 Å². The number of nitrogens with one attached hydrogen (secondary N) is 2. The van der Waals surface area contributed by atoms with Crippen molar-refractivity contribution in [1.82, 2.24) is 15.5 Å². The van der Waals surface area contributed by atoms with Gasteiger partial charge in [0.05, 0.1) is 0 Å². The zero-order chi connectivity index (χ0) is 17.4. The Morgan fingerprint density at radius 2 is 1.57 bits per heavy atom. The van der Waals surface area contributed by atoms with Crippen LogP contribution in [-0.4, -0.2) is 30.8 Å². The molecule has 0 spiro atoms. The molecular formula is C18H29N3O2. The molecule has 5 heteroatoms. The van der Waals surface area contributed by atoms with E-state index in [2.05, 4.69) is 27.7 Å². The van der Waals surface area contributed by atoms with Gasteiger partial charge in [0, 0.05) is 32.5 Å². The first-order valence-corrected chi connectivity index (χ1v) is 8.10. The molecule has 0 heterocycles. The van der Waals surface area contributed by atoms with Gasteiger partial charge in [-0.15, -0.1) is 0 Å². The van der Waals surface area contributed by atoms with E-state index in [4.69, 9.17) is 0 Å². The van der Waals surface area contributed by atoms with E-state index < -0.39 is 0 Å². The molecule has 0 bridgehead atoms. The monoisotopic (exact) mass is 319 g/mol. The molecule has 128 valence electrons. The van der Waals surface area contributed by atoms with Crippen molar-refractivity contribution in [1.29, 1.82) is 0 Å². The van der Waals surface area contributed by atoms with Gasteiger partial charge >= 0.3 is 0 Å². The maximum Gasteiger partial charge on any atom is 0.223 e. The SMILES string of the molecule is CCC(C)C(=O)NCc1cc(CNC(C)=O)cc(CN(C)C)c1. The molecule has 1 aromatic carbocycles. The topological polar surface area (TPSA) is 61.4 Å². The van der Waals surface area contributed by atoms with Crippen molar-refractivity contribution in [2.75, 3.05) is 14.1 Å². The third kappa shape index (κ3) is 7.28. The van der Waals surface area contributed by atoms with E-state index in [1.807, 2.05) is 34.0 Å². The predicted molar refractivity (Wildman–Crippen MR) is 92.7 cm³/mol. The van der Waals surface area contributed by atoms with Crippen molar-refractivity contribution in [2.45, 2.75) is 46.8 Å². The molecule has 23 heavy (non-hydrogen) atoms. The molecule has 0 saturated heterocycles. The smallest absolute Gasteiger partial charge is 0.223 e. The summed E-state index contributed by atoms with van der Waals surface area (Å²) in [5.41, 5.74) is 3.28. The van der Waals surface area contributed by atoms with Gasteiger partial charge in [-0.2, -0.15) is 0 Å². The van der Waals surface area contributed by atoms with Crippen LogP contribution in [0.2, 0.25) is 0 Å². The van der Waals surface area contributed by atoms with Gasteiger partial charge in [0.1, 0.15) is 0 Å². The standard InChI is InChI=1S/C18H29N3O2/c1-6-13(2)18(23)20-11-16-7-15(10-19-14(3)22)8-17(9-16)12-21(4)5/h7-9,13H,6,10-12H2,1-5H3,(H,19,22)(H,20,23). The first-order valence-electron chi connectivity index (χ1n) is 8.10. The number of rotatable bonds is 8. The van der Waals surface area contributed by atoms with E-state index in [1.54, 1.807) is 0 Å². The Morgan fingerprint density at radius 3 is 2.04 bits per heavy atom. The largest absolute Gasteiger partial charge is 0.352 e. The highest BCUT2D eigenvalue weighted by Crippen LogP contribution is 2.13. The van der Waals surface area contributed by atoms with Crippen LogP contribution in [0.15, 0.2) is 18.2 Å². The van der Waals surface area contributed by atoms with E-state index in [9.17, 15) is 9.59 Å². The number of carbonyl (C=O) groups is 2. The van der Waals surface area contributed by atoms with Crippen molar-refractivity contribution in [3.8, 4) is 0 Å². The Labute approximate surface area is 139 Å². The summed E-state index contributed by atoms with van der Waals surface area (Å²) in [4.78, 5) is 25.1. The zero-order valence-corrected chi connectivity index (χ0v) is 14.9. The van der Waals surface area contributed by atoms with Gasteiger partial charge in [-0.1, -0.05) is 32.0 Å².